The molecule has 0 unspecified atom stereocenters. The van der Waals surface area contributed by atoms with Gasteiger partial charge in [0.2, 0.25) is 12.1 Å². The first-order chi connectivity index (χ1) is 11.1. The van der Waals surface area contributed by atoms with E-state index >= 15 is 0 Å². The molecule has 0 bridgehead atoms. The average Bonchev–Trinajstić information content (AvgIpc) is 2.92. The van der Waals surface area contributed by atoms with Crippen LogP contribution in [-0.2, 0) is 16.5 Å². The number of rotatable bonds is 7. The van der Waals surface area contributed by atoms with E-state index in [1.165, 1.54) is 6.33 Å². The Morgan fingerprint density at radius 3 is 2.87 bits per heavy atom. The molecule has 1 aliphatic rings. The molecule has 1 aliphatic heterocycles. The van der Waals surface area contributed by atoms with E-state index in [4.69, 9.17) is 9.47 Å². The third-order valence-corrected chi connectivity index (χ3v) is 3.67. The van der Waals surface area contributed by atoms with Gasteiger partial charge in [-0.15, -0.1) is 0 Å². The van der Waals surface area contributed by atoms with Crippen molar-refractivity contribution in [2.75, 3.05) is 40.0 Å². The Hall–Kier alpha value is -2.00. The van der Waals surface area contributed by atoms with Crippen LogP contribution in [0.15, 0.2) is 11.3 Å². The number of hydrogen-bond donors (Lipinski definition) is 0. The number of aromatic nitrogens is 2. The lowest BCUT2D eigenvalue weighted by atomic mass is 10.2. The van der Waals surface area contributed by atoms with Crippen molar-refractivity contribution in [2.24, 2.45) is 12.0 Å². The van der Waals surface area contributed by atoms with Crippen LogP contribution in [0.2, 0.25) is 0 Å². The van der Waals surface area contributed by atoms with E-state index in [9.17, 15) is 10.1 Å². The number of aliphatic imine (C=N–C) groups is 1. The molecule has 0 N–H and O–H groups in total. The first-order valence-corrected chi connectivity index (χ1v) is 7.68. The van der Waals surface area contributed by atoms with Crippen molar-refractivity contribution in [1.82, 2.24) is 14.5 Å². The maximum absolute atomic E-state index is 11.1. The minimum atomic E-state index is -0.499. The predicted octanol–water partition coefficient (Wildman–Crippen LogP) is 1.51. The highest BCUT2D eigenvalue weighted by atomic mass is 16.6. The minimum Gasteiger partial charge on any atom is -0.385 e. The van der Waals surface area contributed by atoms with Gasteiger partial charge in [-0.1, -0.05) is 0 Å². The quantitative estimate of drug-likeness (QED) is 0.248. The summed E-state index contributed by atoms with van der Waals surface area (Å²) in [6, 6.07) is 0. The van der Waals surface area contributed by atoms with E-state index in [0.29, 0.717) is 19.8 Å². The highest BCUT2D eigenvalue weighted by Crippen LogP contribution is 2.25. The van der Waals surface area contributed by atoms with Gasteiger partial charge in [-0.2, -0.15) is 0 Å². The standard InChI is InChI=1S/C14H23N5O4/c1-17-11-15-13(19(20)21)14(17)16-12(5-3-4-8-22-2)18-6-9-23-10-7-18/h11H,3-10H2,1-2H3/b16-12-. The molecule has 1 aromatic heterocycles. The number of amidine groups is 1. The molecule has 0 spiro atoms. The molecule has 0 saturated carbocycles. The Labute approximate surface area is 135 Å². The summed E-state index contributed by atoms with van der Waals surface area (Å²) < 4.78 is 12.0. The van der Waals surface area contributed by atoms with Gasteiger partial charge in [0.1, 0.15) is 5.84 Å². The van der Waals surface area contributed by atoms with Crippen molar-refractivity contribution in [3.63, 3.8) is 0 Å². The SMILES string of the molecule is COCCCC/C(=N/c1c([N+](=O)[O-])ncn1C)N1CCOCC1. The van der Waals surface area contributed by atoms with Crippen LogP contribution in [0.3, 0.4) is 0 Å². The topological polar surface area (TPSA) is 95.0 Å². The van der Waals surface area contributed by atoms with Crippen LogP contribution in [0, 0.1) is 10.1 Å². The molecule has 23 heavy (non-hydrogen) atoms. The van der Waals surface area contributed by atoms with E-state index in [2.05, 4.69) is 14.9 Å². The predicted molar refractivity (Wildman–Crippen MR) is 85.1 cm³/mol. The molecule has 1 fully saturated rings. The summed E-state index contributed by atoms with van der Waals surface area (Å²) in [4.78, 5) is 21.1. The third kappa shape index (κ3) is 4.73. The maximum atomic E-state index is 11.1. The molecule has 9 nitrogen and oxygen atoms in total. The monoisotopic (exact) mass is 325 g/mol. The van der Waals surface area contributed by atoms with Crippen LogP contribution in [-0.4, -0.2) is 65.2 Å². The van der Waals surface area contributed by atoms with Crippen LogP contribution < -0.4 is 0 Å². The number of nitro groups is 1. The van der Waals surface area contributed by atoms with Crippen LogP contribution >= 0.6 is 0 Å². The van der Waals surface area contributed by atoms with Crippen molar-refractivity contribution in [3.8, 4) is 0 Å². The molecule has 0 atom stereocenters. The lowest BCUT2D eigenvalue weighted by molar-refractivity contribution is -0.388. The Kier molecular flexibility index (Phi) is 6.48. The largest absolute Gasteiger partial charge is 0.408 e. The minimum absolute atomic E-state index is 0.213. The molecule has 1 aromatic rings. The van der Waals surface area contributed by atoms with Crippen molar-refractivity contribution in [2.45, 2.75) is 19.3 Å². The second-order valence-electron chi connectivity index (χ2n) is 5.34. The normalized spacial score (nSPS) is 15.9. The molecule has 2 heterocycles. The van der Waals surface area contributed by atoms with Gasteiger partial charge in [0.05, 0.1) is 13.2 Å². The molecular formula is C14H23N5O4. The molecule has 0 aromatic carbocycles. The molecule has 0 aliphatic carbocycles. The molecule has 9 heteroatoms. The number of morpholine rings is 1. The van der Waals surface area contributed by atoms with Gasteiger partial charge >= 0.3 is 5.82 Å². The van der Waals surface area contributed by atoms with E-state index in [1.54, 1.807) is 18.7 Å². The molecule has 0 radical (unpaired) electrons. The van der Waals surface area contributed by atoms with Crippen molar-refractivity contribution >= 4 is 17.5 Å². The Morgan fingerprint density at radius 2 is 2.22 bits per heavy atom. The summed E-state index contributed by atoms with van der Waals surface area (Å²) in [5, 5.41) is 11.1. The first kappa shape index (κ1) is 17.4. The molecular weight excluding hydrogens is 302 g/mol. The van der Waals surface area contributed by atoms with E-state index in [-0.39, 0.29) is 11.6 Å². The molecule has 2 rings (SSSR count). The van der Waals surface area contributed by atoms with E-state index in [1.807, 2.05) is 0 Å². The van der Waals surface area contributed by atoms with Crippen LogP contribution in [0.1, 0.15) is 19.3 Å². The smallest absolute Gasteiger partial charge is 0.385 e. The zero-order valence-electron chi connectivity index (χ0n) is 13.6. The maximum Gasteiger partial charge on any atom is 0.408 e. The van der Waals surface area contributed by atoms with E-state index < -0.39 is 4.92 Å². The zero-order valence-corrected chi connectivity index (χ0v) is 13.6. The van der Waals surface area contributed by atoms with Crippen molar-refractivity contribution < 1.29 is 14.4 Å². The van der Waals surface area contributed by atoms with Gasteiger partial charge in [0.25, 0.3) is 0 Å². The van der Waals surface area contributed by atoms with Gasteiger partial charge in [-0.25, -0.2) is 4.99 Å². The highest BCUT2D eigenvalue weighted by molar-refractivity contribution is 5.85. The molecule has 0 amide bonds. The van der Waals surface area contributed by atoms with E-state index in [0.717, 1.165) is 38.2 Å². The van der Waals surface area contributed by atoms with Gasteiger partial charge in [0.15, 0.2) is 0 Å². The number of ether oxygens (including phenoxy) is 2. The zero-order chi connectivity index (χ0) is 16.7. The van der Waals surface area contributed by atoms with Gasteiger partial charge in [-0.05, 0) is 22.7 Å². The second kappa shape index (κ2) is 8.59. The average molecular weight is 325 g/mol. The summed E-state index contributed by atoms with van der Waals surface area (Å²) in [7, 11) is 3.39. The number of nitrogens with zero attached hydrogens (tertiary/aromatic N) is 5. The number of methoxy groups -OCH3 is 1. The van der Waals surface area contributed by atoms with Crippen LogP contribution in [0.4, 0.5) is 11.6 Å². The second-order valence-corrected chi connectivity index (χ2v) is 5.34. The van der Waals surface area contributed by atoms with Crippen LogP contribution in [0.25, 0.3) is 0 Å². The Bertz CT molecular complexity index is 551. The number of aryl methyl sites for hydroxylation is 1. The summed E-state index contributed by atoms with van der Waals surface area (Å²) in [6.07, 6.45) is 3.99. The summed E-state index contributed by atoms with van der Waals surface area (Å²) in [6.45, 7) is 3.47. The summed E-state index contributed by atoms with van der Waals surface area (Å²) >= 11 is 0. The van der Waals surface area contributed by atoms with Crippen LogP contribution in [0.5, 0.6) is 0 Å². The fraction of sp³-hybridized carbons (Fsp3) is 0.714. The Balaban J connectivity index is 2.20. The number of hydrogen-bond acceptors (Lipinski definition) is 6. The molecule has 128 valence electrons. The van der Waals surface area contributed by atoms with Gasteiger partial charge in [0, 0.05) is 40.3 Å². The lowest BCUT2D eigenvalue weighted by Gasteiger charge is -2.30. The van der Waals surface area contributed by atoms with Crippen molar-refractivity contribution in [1.29, 1.82) is 0 Å². The number of imidazole rings is 1. The number of unbranched alkanes of at least 4 members (excludes halogenated alkanes) is 1. The summed E-state index contributed by atoms with van der Waals surface area (Å²) in [5.74, 6) is 0.912. The van der Waals surface area contributed by atoms with Gasteiger partial charge in [-0.3, -0.25) is 4.57 Å². The third-order valence-electron chi connectivity index (χ3n) is 3.67. The molecule has 1 saturated heterocycles. The van der Waals surface area contributed by atoms with Crippen molar-refractivity contribution in [3.05, 3.63) is 16.4 Å². The highest BCUT2D eigenvalue weighted by Gasteiger charge is 2.22. The van der Waals surface area contributed by atoms with Gasteiger partial charge < -0.3 is 24.5 Å². The summed E-state index contributed by atoms with van der Waals surface area (Å²) in [5.41, 5.74) is 0. The Morgan fingerprint density at radius 1 is 1.48 bits per heavy atom. The fourth-order valence-electron chi connectivity index (χ4n) is 2.43. The lowest BCUT2D eigenvalue weighted by Crippen LogP contribution is -2.40. The fourth-order valence-corrected chi connectivity index (χ4v) is 2.43. The first-order valence-electron chi connectivity index (χ1n) is 7.68.